The lowest BCUT2D eigenvalue weighted by molar-refractivity contribution is -0.134. The molecule has 6 nitrogen and oxygen atoms in total. The van der Waals surface area contributed by atoms with E-state index in [1.807, 2.05) is 0 Å². The summed E-state index contributed by atoms with van der Waals surface area (Å²) in [4.78, 5) is 21.8. The lowest BCUT2D eigenvalue weighted by Crippen LogP contribution is -2.44. The summed E-state index contributed by atoms with van der Waals surface area (Å²) in [6, 6.07) is 9.45. The minimum Gasteiger partial charge on any atom is -0.478 e. The monoisotopic (exact) mass is 440 g/mol. The van der Waals surface area contributed by atoms with Gasteiger partial charge in [0.15, 0.2) is 0 Å². The number of benzene rings is 1. The fourth-order valence-corrected chi connectivity index (χ4v) is 3.44. The molecular formula is C20H29BrN2O4. The average Bonchev–Trinajstić information content (AvgIpc) is 2.60. The molecule has 0 bridgehead atoms. The number of nitrogens with one attached hydrogen (secondary N) is 1. The molecule has 1 heterocycles. The van der Waals surface area contributed by atoms with Gasteiger partial charge in [-0.1, -0.05) is 41.9 Å². The minimum atomic E-state index is -1.26. The number of hydrogen-bond donors (Lipinski definition) is 3. The first-order chi connectivity index (χ1) is 12.8. The van der Waals surface area contributed by atoms with Crippen LogP contribution in [0.1, 0.15) is 32.3 Å². The van der Waals surface area contributed by atoms with Crippen LogP contribution in [-0.2, 0) is 16.1 Å². The van der Waals surface area contributed by atoms with Crippen LogP contribution in [0.5, 0.6) is 0 Å². The van der Waals surface area contributed by atoms with E-state index in [2.05, 4.69) is 64.3 Å². The van der Waals surface area contributed by atoms with Crippen LogP contribution in [0.2, 0.25) is 0 Å². The van der Waals surface area contributed by atoms with Gasteiger partial charge in [0.1, 0.15) is 0 Å². The summed E-state index contributed by atoms with van der Waals surface area (Å²) >= 11 is 3.57. The van der Waals surface area contributed by atoms with Gasteiger partial charge < -0.3 is 15.5 Å². The molecule has 0 unspecified atom stereocenters. The number of carbonyl (C=O) groups is 2. The van der Waals surface area contributed by atoms with E-state index in [9.17, 15) is 9.59 Å². The molecule has 3 N–H and O–H groups in total. The molecule has 1 saturated heterocycles. The molecule has 1 aromatic carbocycles. The number of carboxylic acids is 2. The van der Waals surface area contributed by atoms with E-state index in [-0.39, 0.29) is 0 Å². The molecule has 0 radical (unpaired) electrons. The highest BCUT2D eigenvalue weighted by Crippen LogP contribution is 2.19. The first kappa shape index (κ1) is 23.3. The van der Waals surface area contributed by atoms with Crippen LogP contribution in [0.4, 0.5) is 0 Å². The topological polar surface area (TPSA) is 89.9 Å². The van der Waals surface area contributed by atoms with Crippen molar-refractivity contribution in [2.24, 2.45) is 5.92 Å². The average molecular weight is 441 g/mol. The molecule has 0 spiro atoms. The number of aliphatic carboxylic acids is 2. The predicted molar refractivity (Wildman–Crippen MR) is 110 cm³/mol. The van der Waals surface area contributed by atoms with Crippen molar-refractivity contribution in [3.05, 3.63) is 46.5 Å². The Labute approximate surface area is 169 Å². The van der Waals surface area contributed by atoms with E-state index in [1.165, 1.54) is 29.4 Å². The Morgan fingerprint density at radius 3 is 2.30 bits per heavy atom. The number of piperidine rings is 1. The van der Waals surface area contributed by atoms with Crippen LogP contribution in [-0.4, -0.2) is 52.7 Å². The lowest BCUT2D eigenvalue weighted by Gasteiger charge is -2.35. The van der Waals surface area contributed by atoms with Crippen molar-refractivity contribution in [1.82, 2.24) is 10.2 Å². The summed E-state index contributed by atoms with van der Waals surface area (Å²) < 4.78 is 1.18. The van der Waals surface area contributed by atoms with Crippen LogP contribution < -0.4 is 5.32 Å². The van der Waals surface area contributed by atoms with Crippen LogP contribution >= 0.6 is 15.9 Å². The van der Waals surface area contributed by atoms with Gasteiger partial charge >= 0.3 is 11.9 Å². The summed E-state index contributed by atoms with van der Waals surface area (Å²) in [5.41, 5.74) is 1.41. The van der Waals surface area contributed by atoms with E-state index in [1.54, 1.807) is 0 Å². The summed E-state index contributed by atoms with van der Waals surface area (Å²) in [6.07, 6.45) is 3.67. The minimum absolute atomic E-state index is 0.558. The normalized spacial score (nSPS) is 15.0. The summed E-state index contributed by atoms with van der Waals surface area (Å²) in [7, 11) is 0. The van der Waals surface area contributed by atoms with Crippen molar-refractivity contribution >= 4 is 27.9 Å². The summed E-state index contributed by atoms with van der Waals surface area (Å²) in [5, 5.41) is 19.1. The second kappa shape index (κ2) is 12.6. The fourth-order valence-electron chi connectivity index (χ4n) is 3.00. The van der Waals surface area contributed by atoms with Gasteiger partial charge in [-0.2, -0.15) is 0 Å². The maximum atomic E-state index is 9.55. The molecule has 150 valence electrons. The first-order valence-corrected chi connectivity index (χ1v) is 9.90. The number of hydrogen-bond acceptors (Lipinski definition) is 4. The molecule has 0 saturated carbocycles. The van der Waals surface area contributed by atoms with Gasteiger partial charge in [-0.25, -0.2) is 9.59 Å². The van der Waals surface area contributed by atoms with E-state index in [0.29, 0.717) is 12.2 Å². The van der Waals surface area contributed by atoms with Gasteiger partial charge in [-0.05, 0) is 49.5 Å². The van der Waals surface area contributed by atoms with Crippen molar-refractivity contribution in [3.63, 3.8) is 0 Å². The van der Waals surface area contributed by atoms with Gasteiger partial charge in [0.2, 0.25) is 0 Å². The highest BCUT2D eigenvalue weighted by atomic mass is 79.9. The first-order valence-electron chi connectivity index (χ1n) is 9.11. The molecule has 0 aromatic heterocycles. The molecule has 0 amide bonds. The Morgan fingerprint density at radius 1 is 1.22 bits per heavy atom. The molecule has 1 aliphatic rings. The molecule has 1 aliphatic heterocycles. The van der Waals surface area contributed by atoms with Crippen LogP contribution in [0.3, 0.4) is 0 Å². The summed E-state index contributed by atoms with van der Waals surface area (Å²) in [6.45, 7) is 9.22. The van der Waals surface area contributed by atoms with Crippen LogP contribution in [0.25, 0.3) is 0 Å². The van der Waals surface area contributed by atoms with Gasteiger partial charge in [0.25, 0.3) is 0 Å². The van der Waals surface area contributed by atoms with E-state index >= 15 is 0 Å². The Balaban J connectivity index is 0.000000387. The fraction of sp³-hybridized carbons (Fsp3) is 0.500. The number of nitrogens with zero attached hydrogens (tertiary/aromatic N) is 1. The van der Waals surface area contributed by atoms with Gasteiger partial charge in [-0.15, -0.1) is 0 Å². The van der Waals surface area contributed by atoms with E-state index < -0.39 is 11.9 Å². The molecule has 2 rings (SSSR count). The van der Waals surface area contributed by atoms with Gasteiger partial charge in [0.05, 0.1) is 0 Å². The van der Waals surface area contributed by atoms with Crippen LogP contribution in [0.15, 0.2) is 40.9 Å². The van der Waals surface area contributed by atoms with Gasteiger partial charge in [0, 0.05) is 35.8 Å². The van der Waals surface area contributed by atoms with Gasteiger partial charge in [-0.3, -0.25) is 4.90 Å². The third-order valence-corrected chi connectivity index (χ3v) is 4.56. The smallest absolute Gasteiger partial charge is 0.328 e. The van der Waals surface area contributed by atoms with Crippen molar-refractivity contribution < 1.29 is 19.8 Å². The number of halogens is 1. The van der Waals surface area contributed by atoms with Crippen molar-refractivity contribution in [3.8, 4) is 0 Å². The third-order valence-electron chi connectivity index (χ3n) is 4.07. The lowest BCUT2D eigenvalue weighted by atomic mass is 10.0. The molecule has 0 atom stereocenters. The predicted octanol–water partition coefficient (Wildman–Crippen LogP) is 3.37. The second-order valence-corrected chi connectivity index (χ2v) is 7.86. The van der Waals surface area contributed by atoms with Crippen molar-refractivity contribution in [1.29, 1.82) is 0 Å². The Bertz CT molecular complexity index is 612. The molecule has 7 heteroatoms. The highest BCUT2D eigenvalue weighted by molar-refractivity contribution is 9.10. The molecule has 27 heavy (non-hydrogen) atoms. The van der Waals surface area contributed by atoms with Crippen molar-refractivity contribution in [2.45, 2.75) is 39.3 Å². The maximum Gasteiger partial charge on any atom is 0.328 e. The number of rotatable bonds is 7. The quantitative estimate of drug-likeness (QED) is 0.563. The zero-order valence-corrected chi connectivity index (χ0v) is 17.5. The SMILES string of the molecule is CC(C)CN(Cc1cccc(Br)c1)C1CCNCC1.O=C(O)C=CC(=O)O. The standard InChI is InChI=1S/C16H25BrN2.C4H4O4/c1-13(2)11-19(16-6-8-18-9-7-16)12-14-4-3-5-15(17)10-14;5-3(6)1-2-4(7)8/h3-5,10,13,16,18H,6-9,11-12H2,1-2H3;1-2H,(H,5,6)(H,7,8). The zero-order valence-electron chi connectivity index (χ0n) is 15.9. The molecule has 0 aliphatic carbocycles. The van der Waals surface area contributed by atoms with E-state index in [4.69, 9.17) is 10.2 Å². The Hall–Kier alpha value is -1.70. The highest BCUT2D eigenvalue weighted by Gasteiger charge is 2.21. The van der Waals surface area contributed by atoms with E-state index in [0.717, 1.165) is 31.6 Å². The molecule has 1 fully saturated rings. The molecular weight excluding hydrogens is 412 g/mol. The Kier molecular flexibility index (Phi) is 10.9. The third kappa shape index (κ3) is 10.9. The zero-order chi connectivity index (χ0) is 20.2. The largest absolute Gasteiger partial charge is 0.478 e. The molecule has 1 aromatic rings. The Morgan fingerprint density at radius 2 is 1.81 bits per heavy atom. The summed E-state index contributed by atoms with van der Waals surface area (Å²) in [5.74, 6) is -1.79. The maximum absolute atomic E-state index is 9.55. The van der Waals surface area contributed by atoms with Crippen LogP contribution in [0, 0.1) is 5.92 Å². The second-order valence-electron chi connectivity index (χ2n) is 6.94. The van der Waals surface area contributed by atoms with Crippen molar-refractivity contribution in [2.75, 3.05) is 19.6 Å². The number of carboxylic acid groups (broad SMARTS) is 2.